The van der Waals surface area contributed by atoms with E-state index in [9.17, 15) is 9.59 Å². The highest BCUT2D eigenvalue weighted by atomic mass is 32.2. The van der Waals surface area contributed by atoms with E-state index in [1.54, 1.807) is 12.1 Å². The standard InChI is InChI=1S/C18H30N2O2S2.C6H7N3O/c1-6-20(7-2)17(21)18(4,23)14(3)19-16-10-8-9-15(13-16)11-12-22-24-5;1-5(4-8)6(10)9-3-2-7/h8-10,13-14,19,23H,6-7,11-12H2,1-5H3;5H,3H2,1H3,(H,9,10). The van der Waals surface area contributed by atoms with Crippen LogP contribution in [0.5, 0.6) is 0 Å². The molecule has 0 fully saturated rings. The number of hydrogen-bond donors (Lipinski definition) is 3. The van der Waals surface area contributed by atoms with Crippen molar-refractivity contribution in [3.05, 3.63) is 29.8 Å². The minimum Gasteiger partial charge on any atom is -0.381 e. The highest BCUT2D eigenvalue weighted by Gasteiger charge is 2.37. The first-order chi connectivity index (χ1) is 16.1. The van der Waals surface area contributed by atoms with Crippen molar-refractivity contribution in [2.24, 2.45) is 5.92 Å². The maximum Gasteiger partial charge on any atom is 0.240 e. The molecule has 0 heterocycles. The van der Waals surface area contributed by atoms with Gasteiger partial charge in [-0.25, -0.2) is 0 Å². The van der Waals surface area contributed by atoms with Gasteiger partial charge in [-0.2, -0.15) is 23.2 Å². The second kappa shape index (κ2) is 17.1. The van der Waals surface area contributed by atoms with Crippen molar-refractivity contribution in [2.45, 2.75) is 51.8 Å². The number of thiol groups is 1. The molecule has 0 aliphatic rings. The predicted octanol–water partition coefficient (Wildman–Crippen LogP) is 3.67. The first-order valence-electron chi connectivity index (χ1n) is 11.2. The van der Waals surface area contributed by atoms with Crippen molar-refractivity contribution in [1.82, 2.24) is 10.2 Å². The molecule has 0 spiro atoms. The van der Waals surface area contributed by atoms with Gasteiger partial charge in [0.05, 0.1) is 18.7 Å². The van der Waals surface area contributed by atoms with Crippen LogP contribution < -0.4 is 10.6 Å². The van der Waals surface area contributed by atoms with Crippen molar-refractivity contribution in [3.63, 3.8) is 0 Å². The Hall–Kier alpha value is -2.40. The quantitative estimate of drug-likeness (QED) is 0.171. The fourth-order valence-electron chi connectivity index (χ4n) is 2.80. The monoisotopic (exact) mass is 507 g/mol. The molecular formula is C24H37N5O3S2. The molecule has 0 bridgehead atoms. The van der Waals surface area contributed by atoms with E-state index in [-0.39, 0.29) is 18.5 Å². The number of carbonyl (C=O) groups is 2. The summed E-state index contributed by atoms with van der Waals surface area (Å²) >= 11 is 6.05. The number of amides is 2. The van der Waals surface area contributed by atoms with Gasteiger partial charge in [-0.3, -0.25) is 9.59 Å². The first kappa shape index (κ1) is 31.6. The summed E-state index contributed by atoms with van der Waals surface area (Å²) in [4.78, 5) is 25.2. The molecule has 10 heteroatoms. The normalized spacial score (nSPS) is 13.6. The predicted molar refractivity (Wildman–Crippen MR) is 141 cm³/mol. The van der Waals surface area contributed by atoms with E-state index in [0.29, 0.717) is 19.7 Å². The van der Waals surface area contributed by atoms with E-state index in [0.717, 1.165) is 12.1 Å². The van der Waals surface area contributed by atoms with Crippen LogP contribution in [0.2, 0.25) is 0 Å². The molecule has 0 saturated heterocycles. The molecule has 2 N–H and O–H groups in total. The lowest BCUT2D eigenvalue weighted by Gasteiger charge is -2.35. The molecule has 1 aromatic carbocycles. The summed E-state index contributed by atoms with van der Waals surface area (Å²) in [6.07, 6.45) is 2.78. The molecule has 0 saturated carbocycles. The summed E-state index contributed by atoms with van der Waals surface area (Å²) in [7, 11) is 0. The van der Waals surface area contributed by atoms with Crippen molar-refractivity contribution in [1.29, 1.82) is 10.5 Å². The van der Waals surface area contributed by atoms with Crippen LogP contribution in [-0.2, 0) is 20.2 Å². The van der Waals surface area contributed by atoms with E-state index in [1.807, 2.05) is 51.0 Å². The Morgan fingerprint density at radius 1 is 1.26 bits per heavy atom. The highest BCUT2D eigenvalue weighted by Crippen LogP contribution is 2.25. The fraction of sp³-hybridized carbons (Fsp3) is 0.583. The van der Waals surface area contributed by atoms with Gasteiger partial charge in [0.15, 0.2) is 0 Å². The minimum atomic E-state index is -0.774. The van der Waals surface area contributed by atoms with Crippen LogP contribution >= 0.6 is 24.7 Å². The zero-order valence-electron chi connectivity index (χ0n) is 20.9. The molecule has 34 heavy (non-hydrogen) atoms. The molecule has 3 unspecified atom stereocenters. The number of nitrogens with one attached hydrogen (secondary N) is 2. The number of rotatable bonds is 12. The molecule has 0 radical (unpaired) electrons. The van der Waals surface area contributed by atoms with Gasteiger partial charge >= 0.3 is 0 Å². The lowest BCUT2D eigenvalue weighted by atomic mass is 9.99. The molecule has 3 atom stereocenters. The van der Waals surface area contributed by atoms with Gasteiger partial charge in [-0.05, 0) is 70.8 Å². The van der Waals surface area contributed by atoms with Gasteiger partial charge < -0.3 is 19.7 Å². The number of benzene rings is 1. The van der Waals surface area contributed by atoms with Gasteiger partial charge in [0, 0.05) is 31.1 Å². The molecule has 0 aliphatic carbocycles. The lowest BCUT2D eigenvalue weighted by Crippen LogP contribution is -2.52. The molecule has 188 valence electrons. The number of hydrogen-bond acceptors (Lipinski definition) is 8. The van der Waals surface area contributed by atoms with Gasteiger partial charge in [-0.1, -0.05) is 12.1 Å². The smallest absolute Gasteiger partial charge is 0.240 e. The maximum atomic E-state index is 12.7. The third kappa shape index (κ3) is 11.1. The summed E-state index contributed by atoms with van der Waals surface area (Å²) in [5.41, 5.74) is 2.20. The van der Waals surface area contributed by atoms with Crippen molar-refractivity contribution < 1.29 is 13.8 Å². The highest BCUT2D eigenvalue weighted by molar-refractivity contribution is 7.93. The number of nitrogens with zero attached hydrogens (tertiary/aromatic N) is 3. The largest absolute Gasteiger partial charge is 0.381 e. The number of carbonyl (C=O) groups excluding carboxylic acids is 2. The third-order valence-corrected chi connectivity index (χ3v) is 6.14. The Kier molecular flexibility index (Phi) is 15.9. The average Bonchev–Trinajstić information content (AvgIpc) is 2.83. The minimum absolute atomic E-state index is 0.0369. The van der Waals surface area contributed by atoms with Crippen molar-refractivity contribution >= 4 is 42.2 Å². The molecule has 0 aliphatic heterocycles. The summed E-state index contributed by atoms with van der Waals surface area (Å²) in [6.45, 7) is 11.4. The summed E-state index contributed by atoms with van der Waals surface area (Å²) in [6, 6.07) is 11.6. The zero-order valence-corrected chi connectivity index (χ0v) is 22.6. The van der Waals surface area contributed by atoms with E-state index < -0.39 is 16.6 Å². The molecule has 0 aromatic heterocycles. The second-order valence-corrected chi connectivity index (χ2v) is 9.15. The third-order valence-electron chi connectivity index (χ3n) is 5.16. The van der Waals surface area contributed by atoms with Crippen LogP contribution in [0.3, 0.4) is 0 Å². The molecule has 1 aromatic rings. The molecular weight excluding hydrogens is 470 g/mol. The first-order valence-corrected chi connectivity index (χ1v) is 12.8. The van der Waals surface area contributed by atoms with Gasteiger partial charge in [0.1, 0.15) is 17.2 Å². The molecule has 1 rings (SSSR count). The van der Waals surface area contributed by atoms with Crippen LogP contribution in [0.15, 0.2) is 24.3 Å². The van der Waals surface area contributed by atoms with Crippen LogP contribution in [0.4, 0.5) is 5.69 Å². The van der Waals surface area contributed by atoms with Crippen molar-refractivity contribution in [3.8, 4) is 12.1 Å². The van der Waals surface area contributed by atoms with Crippen LogP contribution in [0.25, 0.3) is 0 Å². The van der Waals surface area contributed by atoms with E-state index in [4.69, 9.17) is 14.7 Å². The maximum absolute atomic E-state index is 12.7. The van der Waals surface area contributed by atoms with Gasteiger partial charge in [-0.15, -0.1) is 0 Å². The Labute approximate surface area is 214 Å². The zero-order chi connectivity index (χ0) is 26.1. The average molecular weight is 508 g/mol. The summed E-state index contributed by atoms with van der Waals surface area (Å²) in [5, 5.41) is 21.9. The van der Waals surface area contributed by atoms with Gasteiger partial charge in [0.2, 0.25) is 11.8 Å². The van der Waals surface area contributed by atoms with E-state index >= 15 is 0 Å². The van der Waals surface area contributed by atoms with Gasteiger partial charge in [0.25, 0.3) is 0 Å². The Morgan fingerprint density at radius 3 is 2.44 bits per heavy atom. The Balaban J connectivity index is 0.000000916. The van der Waals surface area contributed by atoms with Crippen LogP contribution in [-0.4, -0.2) is 60.0 Å². The lowest BCUT2D eigenvalue weighted by molar-refractivity contribution is -0.133. The number of anilines is 1. The van der Waals surface area contributed by atoms with E-state index in [1.165, 1.54) is 24.5 Å². The Morgan fingerprint density at radius 2 is 1.91 bits per heavy atom. The molecule has 2 amide bonds. The summed E-state index contributed by atoms with van der Waals surface area (Å²) < 4.78 is 4.56. The topological polar surface area (TPSA) is 118 Å². The summed E-state index contributed by atoms with van der Waals surface area (Å²) in [5.74, 6) is -1.02. The number of nitriles is 2. The SMILES string of the molecule is CC(C#N)C(=O)NCC#N.CCN(CC)C(=O)C(C)(S)C(C)Nc1cccc(CCOSC)c1. The van der Waals surface area contributed by atoms with Crippen molar-refractivity contribution in [2.75, 3.05) is 37.8 Å². The fourth-order valence-corrected chi connectivity index (χ4v) is 3.26. The Bertz CT molecular complexity index is 848. The molecule has 8 nitrogen and oxygen atoms in total. The van der Waals surface area contributed by atoms with Crippen LogP contribution in [0.1, 0.15) is 40.2 Å². The second-order valence-electron chi connectivity index (χ2n) is 7.66. The van der Waals surface area contributed by atoms with Crippen LogP contribution in [0, 0.1) is 28.6 Å². The van der Waals surface area contributed by atoms with E-state index in [2.05, 4.69) is 35.4 Å².